The molecule has 2 aromatic rings. The first kappa shape index (κ1) is 11.9. The maximum absolute atomic E-state index is 10.5. The second-order valence-corrected chi connectivity index (χ2v) is 4.80. The van der Waals surface area contributed by atoms with Crippen LogP contribution in [-0.4, -0.2) is 5.11 Å². The monoisotopic (exact) mass is 226 g/mol. The van der Waals surface area contributed by atoms with Crippen molar-refractivity contribution in [3.05, 3.63) is 71.3 Å². The van der Waals surface area contributed by atoms with Crippen LogP contribution in [0.3, 0.4) is 0 Å². The van der Waals surface area contributed by atoms with Crippen molar-refractivity contribution in [3.63, 3.8) is 0 Å². The lowest BCUT2D eigenvalue weighted by molar-refractivity contribution is 0.0576. The van der Waals surface area contributed by atoms with Crippen LogP contribution in [0.1, 0.15) is 23.6 Å². The highest BCUT2D eigenvalue weighted by atomic mass is 16.3. The molecule has 1 heteroatoms. The maximum Gasteiger partial charge on any atom is 0.0908 e. The molecular weight excluding hydrogens is 208 g/mol. The van der Waals surface area contributed by atoms with Gasteiger partial charge >= 0.3 is 0 Å². The Balaban J connectivity index is 2.20. The minimum absolute atomic E-state index is 0.636. The van der Waals surface area contributed by atoms with Crippen LogP contribution in [0, 0.1) is 6.92 Å². The molecule has 0 saturated carbocycles. The second kappa shape index (κ2) is 4.72. The molecule has 17 heavy (non-hydrogen) atoms. The average molecular weight is 226 g/mol. The third-order valence-electron chi connectivity index (χ3n) is 3.06. The molecule has 0 fully saturated rings. The molecule has 1 nitrogen and oxygen atoms in total. The van der Waals surface area contributed by atoms with Crippen LogP contribution < -0.4 is 0 Å². The number of hydrogen-bond acceptors (Lipinski definition) is 1. The molecule has 0 bridgehead atoms. The van der Waals surface area contributed by atoms with Gasteiger partial charge in [-0.1, -0.05) is 60.2 Å². The van der Waals surface area contributed by atoms with Crippen LogP contribution in [0.2, 0.25) is 0 Å². The van der Waals surface area contributed by atoms with E-state index in [9.17, 15) is 5.11 Å². The Morgan fingerprint density at radius 3 is 2.12 bits per heavy atom. The van der Waals surface area contributed by atoms with Gasteiger partial charge in [0.15, 0.2) is 0 Å². The highest BCUT2D eigenvalue weighted by molar-refractivity contribution is 5.27. The fourth-order valence-corrected chi connectivity index (χ4v) is 2.00. The lowest BCUT2D eigenvalue weighted by Gasteiger charge is -2.24. The van der Waals surface area contributed by atoms with Gasteiger partial charge in [-0.15, -0.1) is 0 Å². The Morgan fingerprint density at radius 1 is 0.941 bits per heavy atom. The summed E-state index contributed by atoms with van der Waals surface area (Å²) in [4.78, 5) is 0. The van der Waals surface area contributed by atoms with Crippen LogP contribution in [0.25, 0.3) is 0 Å². The summed E-state index contributed by atoms with van der Waals surface area (Å²) < 4.78 is 0. The van der Waals surface area contributed by atoms with Gasteiger partial charge in [-0.3, -0.25) is 0 Å². The first-order valence-corrected chi connectivity index (χ1v) is 5.91. The summed E-state index contributed by atoms with van der Waals surface area (Å²) in [6.45, 7) is 3.93. The van der Waals surface area contributed by atoms with Crippen molar-refractivity contribution in [2.45, 2.75) is 25.9 Å². The van der Waals surface area contributed by atoms with E-state index in [4.69, 9.17) is 0 Å². The molecule has 0 heterocycles. The molecule has 0 aromatic heterocycles. The van der Waals surface area contributed by atoms with Gasteiger partial charge in [-0.2, -0.15) is 0 Å². The summed E-state index contributed by atoms with van der Waals surface area (Å²) in [7, 11) is 0. The third-order valence-corrected chi connectivity index (χ3v) is 3.06. The fraction of sp³-hybridized carbons (Fsp3) is 0.250. The van der Waals surface area contributed by atoms with E-state index in [1.807, 2.05) is 37.3 Å². The van der Waals surface area contributed by atoms with Gasteiger partial charge in [0.25, 0.3) is 0 Å². The molecular formula is C16H18O. The van der Waals surface area contributed by atoms with E-state index in [-0.39, 0.29) is 0 Å². The van der Waals surface area contributed by atoms with Gasteiger partial charge in [0, 0.05) is 6.42 Å². The zero-order valence-corrected chi connectivity index (χ0v) is 10.4. The summed E-state index contributed by atoms with van der Waals surface area (Å²) in [6, 6.07) is 18.1. The quantitative estimate of drug-likeness (QED) is 0.850. The molecule has 1 unspecified atom stereocenters. The number of rotatable bonds is 3. The highest BCUT2D eigenvalue weighted by Crippen LogP contribution is 2.25. The maximum atomic E-state index is 10.5. The molecule has 0 aliphatic carbocycles. The Bertz CT molecular complexity index is 469. The molecule has 0 saturated heterocycles. The van der Waals surface area contributed by atoms with Crippen molar-refractivity contribution in [2.75, 3.05) is 0 Å². The van der Waals surface area contributed by atoms with E-state index in [2.05, 4.69) is 31.2 Å². The molecule has 0 radical (unpaired) electrons. The van der Waals surface area contributed by atoms with Gasteiger partial charge in [-0.25, -0.2) is 0 Å². The third kappa shape index (κ3) is 2.95. The number of hydrogen-bond donors (Lipinski definition) is 1. The van der Waals surface area contributed by atoms with Crippen LogP contribution in [0.15, 0.2) is 54.6 Å². The van der Waals surface area contributed by atoms with Crippen LogP contribution in [0.4, 0.5) is 0 Å². The molecule has 0 amide bonds. The normalized spacial score (nSPS) is 14.3. The van der Waals surface area contributed by atoms with E-state index >= 15 is 0 Å². The molecule has 0 aliphatic rings. The van der Waals surface area contributed by atoms with Gasteiger partial charge in [0.1, 0.15) is 0 Å². The molecule has 1 atom stereocenters. The summed E-state index contributed by atoms with van der Waals surface area (Å²) in [6.07, 6.45) is 0.636. The summed E-state index contributed by atoms with van der Waals surface area (Å²) in [5.41, 5.74) is 2.55. The number of aryl methyl sites for hydroxylation is 1. The predicted octanol–water partition coefficient (Wildman–Crippen LogP) is 3.45. The number of aliphatic hydroxyl groups is 1. The predicted molar refractivity (Wildman–Crippen MR) is 70.9 cm³/mol. The van der Waals surface area contributed by atoms with Crippen molar-refractivity contribution in [1.82, 2.24) is 0 Å². The topological polar surface area (TPSA) is 20.2 Å². The lowest BCUT2D eigenvalue weighted by atomic mass is 9.89. The van der Waals surface area contributed by atoms with Crippen LogP contribution in [-0.2, 0) is 12.0 Å². The van der Waals surface area contributed by atoms with E-state index in [1.165, 1.54) is 5.56 Å². The van der Waals surface area contributed by atoms with Crippen molar-refractivity contribution in [2.24, 2.45) is 0 Å². The van der Waals surface area contributed by atoms with E-state index in [0.29, 0.717) is 6.42 Å². The van der Waals surface area contributed by atoms with E-state index in [1.54, 1.807) is 0 Å². The smallest absolute Gasteiger partial charge is 0.0908 e. The van der Waals surface area contributed by atoms with Crippen LogP contribution in [0.5, 0.6) is 0 Å². The van der Waals surface area contributed by atoms with Crippen molar-refractivity contribution in [1.29, 1.82) is 0 Å². The van der Waals surface area contributed by atoms with E-state index < -0.39 is 5.60 Å². The Hall–Kier alpha value is -1.60. The number of benzene rings is 2. The van der Waals surface area contributed by atoms with Gasteiger partial charge in [0.05, 0.1) is 5.60 Å². The zero-order valence-electron chi connectivity index (χ0n) is 10.4. The van der Waals surface area contributed by atoms with Crippen LogP contribution >= 0.6 is 0 Å². The molecule has 0 aliphatic heterocycles. The van der Waals surface area contributed by atoms with Crippen molar-refractivity contribution >= 4 is 0 Å². The Kier molecular flexibility index (Phi) is 3.30. The lowest BCUT2D eigenvalue weighted by Crippen LogP contribution is -2.24. The largest absolute Gasteiger partial charge is 0.385 e. The molecule has 0 spiro atoms. The van der Waals surface area contributed by atoms with Gasteiger partial charge in [-0.05, 0) is 25.0 Å². The minimum atomic E-state index is -0.809. The minimum Gasteiger partial charge on any atom is -0.385 e. The summed E-state index contributed by atoms with van der Waals surface area (Å²) in [5, 5.41) is 10.5. The molecule has 2 rings (SSSR count). The average Bonchev–Trinajstić information content (AvgIpc) is 2.33. The molecule has 2 aromatic carbocycles. The van der Waals surface area contributed by atoms with E-state index in [0.717, 1.165) is 11.1 Å². The summed E-state index contributed by atoms with van der Waals surface area (Å²) >= 11 is 0. The molecule has 1 N–H and O–H groups in total. The van der Waals surface area contributed by atoms with Crippen molar-refractivity contribution in [3.8, 4) is 0 Å². The standard InChI is InChI=1S/C16H18O/c1-13-8-10-14(11-9-13)12-16(2,17)15-6-4-3-5-7-15/h3-11,17H,12H2,1-2H3. The second-order valence-electron chi connectivity index (χ2n) is 4.80. The first-order valence-electron chi connectivity index (χ1n) is 5.91. The van der Waals surface area contributed by atoms with Gasteiger partial charge < -0.3 is 5.11 Å². The summed E-state index contributed by atoms with van der Waals surface area (Å²) in [5.74, 6) is 0. The zero-order chi connectivity index (χ0) is 12.3. The highest BCUT2D eigenvalue weighted by Gasteiger charge is 2.22. The Labute approximate surface area is 103 Å². The van der Waals surface area contributed by atoms with Gasteiger partial charge in [0.2, 0.25) is 0 Å². The Morgan fingerprint density at radius 2 is 1.53 bits per heavy atom. The SMILES string of the molecule is Cc1ccc(CC(C)(O)c2ccccc2)cc1. The fourth-order valence-electron chi connectivity index (χ4n) is 2.00. The first-order chi connectivity index (χ1) is 8.08. The molecule has 88 valence electrons. The van der Waals surface area contributed by atoms with Crippen molar-refractivity contribution < 1.29 is 5.11 Å².